The van der Waals surface area contributed by atoms with Gasteiger partial charge in [0, 0.05) is 13.0 Å². The molecule has 2 aromatic rings. The summed E-state index contributed by atoms with van der Waals surface area (Å²) in [6.07, 6.45) is -1.73. The van der Waals surface area contributed by atoms with Gasteiger partial charge in [-0.2, -0.15) is 0 Å². The Morgan fingerprint density at radius 3 is 2.26 bits per heavy atom. The molecule has 1 unspecified atom stereocenters. The van der Waals surface area contributed by atoms with Crippen LogP contribution in [0, 0.1) is 0 Å². The topological polar surface area (TPSA) is 97.3 Å². The van der Waals surface area contributed by atoms with Crippen molar-refractivity contribution in [3.8, 4) is 5.75 Å². The van der Waals surface area contributed by atoms with Gasteiger partial charge in [-0.05, 0) is 51.0 Å². The predicted octanol–water partition coefficient (Wildman–Crippen LogP) is 3.52. The monoisotopic (exact) mass is 431 g/mol. The van der Waals surface area contributed by atoms with E-state index in [0.29, 0.717) is 12.4 Å². The Balaban J connectivity index is 2.01. The molecule has 2 rings (SSSR count). The molecule has 0 heterocycles. The first-order valence-electron chi connectivity index (χ1n) is 10.4. The van der Waals surface area contributed by atoms with Crippen LogP contribution in [0.15, 0.2) is 54.6 Å². The molecular weight excluding hydrogens is 398 g/mol. The van der Waals surface area contributed by atoms with Crippen LogP contribution < -0.4 is 10.1 Å². The Morgan fingerprint density at radius 2 is 1.71 bits per heavy atom. The third-order valence-electron chi connectivity index (χ3n) is 4.42. The molecule has 0 amide bonds. The summed E-state index contributed by atoms with van der Waals surface area (Å²) in [6.45, 7) is 7.99. The van der Waals surface area contributed by atoms with E-state index in [9.17, 15) is 15.0 Å². The molecule has 0 aliphatic rings. The van der Waals surface area contributed by atoms with Crippen LogP contribution >= 0.6 is 0 Å². The molecule has 0 aliphatic heterocycles. The number of rotatable bonds is 12. The third kappa shape index (κ3) is 9.06. The second kappa shape index (κ2) is 11.8. The predicted molar refractivity (Wildman–Crippen MR) is 118 cm³/mol. The second-order valence-electron chi connectivity index (χ2n) is 8.15. The maximum absolute atomic E-state index is 11.3. The molecule has 31 heavy (non-hydrogen) atoms. The van der Waals surface area contributed by atoms with Crippen LogP contribution in [0.2, 0.25) is 0 Å². The van der Waals surface area contributed by atoms with E-state index < -0.39 is 24.1 Å². The molecule has 0 spiro atoms. The fourth-order valence-corrected chi connectivity index (χ4v) is 3.00. The van der Waals surface area contributed by atoms with Gasteiger partial charge in [0.25, 0.3) is 0 Å². The van der Waals surface area contributed by atoms with Crippen LogP contribution in [-0.4, -0.2) is 47.5 Å². The molecule has 0 bridgehead atoms. The largest absolute Gasteiger partial charge is 0.492 e. The number of hydrogen-bond donors (Lipinski definition) is 3. The molecule has 0 fully saturated rings. The molecule has 0 aliphatic carbocycles. The van der Waals surface area contributed by atoms with Gasteiger partial charge >= 0.3 is 5.97 Å². The lowest BCUT2D eigenvalue weighted by atomic mass is 10.1. The van der Waals surface area contributed by atoms with Gasteiger partial charge in [-0.3, -0.25) is 5.32 Å². The highest BCUT2D eigenvalue weighted by molar-refractivity contribution is 5.72. The number of nitrogens with one attached hydrogen (secondary N) is 1. The van der Waals surface area contributed by atoms with E-state index in [1.54, 1.807) is 19.1 Å². The van der Waals surface area contributed by atoms with Crippen molar-refractivity contribution >= 4 is 5.97 Å². The second-order valence-corrected chi connectivity index (χ2v) is 8.15. The first kappa shape index (κ1) is 24.8. The van der Waals surface area contributed by atoms with Crippen molar-refractivity contribution in [2.75, 3.05) is 13.2 Å². The van der Waals surface area contributed by atoms with Crippen LogP contribution in [0.3, 0.4) is 0 Å². The smallest absolute Gasteiger partial charge is 0.333 e. The molecule has 3 atom stereocenters. The number of carboxylic acid groups (broad SMARTS) is 1. The lowest BCUT2D eigenvalue weighted by Gasteiger charge is -2.28. The lowest BCUT2D eigenvalue weighted by molar-refractivity contribution is -0.186. The Kier molecular flexibility index (Phi) is 9.45. The average molecular weight is 432 g/mol. The number of hydrogen-bond acceptors (Lipinski definition) is 6. The van der Waals surface area contributed by atoms with Crippen molar-refractivity contribution in [2.45, 2.75) is 58.3 Å². The van der Waals surface area contributed by atoms with Gasteiger partial charge < -0.3 is 24.4 Å². The van der Waals surface area contributed by atoms with E-state index in [0.717, 1.165) is 11.1 Å². The van der Waals surface area contributed by atoms with E-state index in [-0.39, 0.29) is 19.1 Å². The van der Waals surface area contributed by atoms with Gasteiger partial charge in [0.1, 0.15) is 12.4 Å². The van der Waals surface area contributed by atoms with Gasteiger partial charge in [-0.15, -0.1) is 0 Å². The number of aliphatic carboxylic acids is 1. The van der Waals surface area contributed by atoms with Crippen LogP contribution in [0.25, 0.3) is 0 Å². The van der Waals surface area contributed by atoms with Crippen LogP contribution in [0.4, 0.5) is 0 Å². The van der Waals surface area contributed by atoms with E-state index in [4.69, 9.17) is 14.2 Å². The number of benzene rings is 2. The van der Waals surface area contributed by atoms with Crippen molar-refractivity contribution in [1.82, 2.24) is 5.32 Å². The summed E-state index contributed by atoms with van der Waals surface area (Å²) in [5, 5.41) is 22.6. The molecule has 7 nitrogen and oxygen atoms in total. The minimum Gasteiger partial charge on any atom is -0.492 e. The summed E-state index contributed by atoms with van der Waals surface area (Å²) in [5.74, 6) is -0.337. The fraction of sp³-hybridized carbons (Fsp3) is 0.458. The zero-order valence-corrected chi connectivity index (χ0v) is 18.6. The summed E-state index contributed by atoms with van der Waals surface area (Å²) < 4.78 is 16.8. The fourth-order valence-electron chi connectivity index (χ4n) is 3.00. The van der Waals surface area contributed by atoms with Crippen molar-refractivity contribution < 1.29 is 29.2 Å². The van der Waals surface area contributed by atoms with E-state index >= 15 is 0 Å². The van der Waals surface area contributed by atoms with E-state index in [2.05, 4.69) is 5.32 Å². The number of ether oxygens (including phenoxy) is 3. The minimum absolute atomic E-state index is 0.268. The van der Waals surface area contributed by atoms with Crippen LogP contribution in [0.1, 0.15) is 44.9 Å². The molecule has 0 radical (unpaired) electrons. The molecular formula is C24H33NO6. The van der Waals surface area contributed by atoms with Gasteiger partial charge in [-0.1, -0.05) is 42.5 Å². The van der Waals surface area contributed by atoms with Crippen molar-refractivity contribution in [3.05, 3.63) is 65.7 Å². The number of aliphatic hydroxyl groups excluding tert-OH is 1. The average Bonchev–Trinajstić information content (AvgIpc) is 2.71. The molecule has 0 saturated carbocycles. The first-order chi connectivity index (χ1) is 14.7. The highest BCUT2D eigenvalue weighted by Crippen LogP contribution is 2.20. The molecule has 0 saturated heterocycles. The first-order valence-corrected chi connectivity index (χ1v) is 10.4. The maximum Gasteiger partial charge on any atom is 0.333 e. The highest BCUT2D eigenvalue weighted by atomic mass is 16.6. The third-order valence-corrected chi connectivity index (χ3v) is 4.42. The van der Waals surface area contributed by atoms with Gasteiger partial charge in [-0.25, -0.2) is 4.79 Å². The van der Waals surface area contributed by atoms with Gasteiger partial charge in [0.15, 0.2) is 6.10 Å². The van der Waals surface area contributed by atoms with Crippen LogP contribution in [-0.2, 0) is 20.7 Å². The minimum atomic E-state index is -1.15. The molecule has 7 heteroatoms. The Hall–Kier alpha value is -2.45. The molecule has 2 aromatic carbocycles. The Morgan fingerprint density at radius 1 is 1.06 bits per heavy atom. The quantitative estimate of drug-likeness (QED) is 0.442. The summed E-state index contributed by atoms with van der Waals surface area (Å²) in [5.41, 5.74) is 1.30. The summed E-state index contributed by atoms with van der Waals surface area (Å²) in [4.78, 5) is 11.3. The normalized spacial score (nSPS) is 14.6. The molecule has 170 valence electrons. The van der Waals surface area contributed by atoms with Gasteiger partial charge in [0.2, 0.25) is 6.41 Å². The molecule has 0 aromatic heterocycles. The zero-order chi connectivity index (χ0) is 22.9. The summed E-state index contributed by atoms with van der Waals surface area (Å²) in [7, 11) is 0. The lowest BCUT2D eigenvalue weighted by Crippen LogP contribution is -2.41. The van der Waals surface area contributed by atoms with Gasteiger partial charge in [0.05, 0.1) is 11.6 Å². The maximum atomic E-state index is 11.3. The summed E-state index contributed by atoms with van der Waals surface area (Å²) in [6, 6.07) is 16.6. The Bertz CT molecular complexity index is 788. The highest BCUT2D eigenvalue weighted by Gasteiger charge is 2.22. The van der Waals surface area contributed by atoms with Crippen molar-refractivity contribution in [2.24, 2.45) is 0 Å². The van der Waals surface area contributed by atoms with Crippen molar-refractivity contribution in [3.63, 3.8) is 0 Å². The number of carboxylic acids is 1. The van der Waals surface area contributed by atoms with Crippen LogP contribution in [0.5, 0.6) is 5.75 Å². The SMILES string of the molecule is CCO[C@@H](Cc1ccc(OC[C@@H](NC(O)OC(C)(C)C)c2ccccc2)cc1)C(=O)O. The van der Waals surface area contributed by atoms with E-state index in [1.165, 1.54) is 0 Å². The number of carbonyl (C=O) groups is 1. The standard InChI is InChI=1S/C24H33NO6/c1-5-29-21(22(26)27)15-17-11-13-19(14-12-17)30-16-20(18-9-7-6-8-10-18)25-23(28)31-24(2,3)4/h6-14,20-21,23,25,28H,5,15-16H2,1-4H3,(H,26,27)/t20-,21+,23?/m1/s1. The number of aliphatic hydroxyl groups is 1. The molecule has 3 N–H and O–H groups in total. The summed E-state index contributed by atoms with van der Waals surface area (Å²) >= 11 is 0. The van der Waals surface area contributed by atoms with E-state index in [1.807, 2.05) is 63.2 Å². The zero-order valence-electron chi connectivity index (χ0n) is 18.6. The van der Waals surface area contributed by atoms with Crippen molar-refractivity contribution in [1.29, 1.82) is 0 Å². The Labute approximate surface area is 184 Å².